The van der Waals surface area contributed by atoms with Crippen molar-refractivity contribution in [3.8, 4) is 5.75 Å². The van der Waals surface area contributed by atoms with Crippen LogP contribution < -0.4 is 10.1 Å². The molecule has 0 saturated heterocycles. The molecule has 1 aromatic carbocycles. The van der Waals surface area contributed by atoms with E-state index in [4.69, 9.17) is 4.74 Å². The van der Waals surface area contributed by atoms with Crippen molar-refractivity contribution in [2.45, 2.75) is 33.3 Å². The van der Waals surface area contributed by atoms with Crippen molar-refractivity contribution in [2.75, 3.05) is 5.32 Å². The summed E-state index contributed by atoms with van der Waals surface area (Å²) >= 11 is 1.24. The van der Waals surface area contributed by atoms with Crippen molar-refractivity contribution in [3.05, 3.63) is 35.3 Å². The van der Waals surface area contributed by atoms with Crippen LogP contribution in [0.2, 0.25) is 0 Å². The Morgan fingerprint density at radius 3 is 2.54 bits per heavy atom. The highest BCUT2D eigenvalue weighted by atomic mass is 32.1. The minimum absolute atomic E-state index is 0.260. The molecule has 0 radical (unpaired) electrons. The number of aromatic nitrogens is 2. The number of aliphatic carboxylic acids is 1. The molecule has 3 atom stereocenters. The van der Waals surface area contributed by atoms with Gasteiger partial charge in [0.2, 0.25) is 11.0 Å². The molecule has 1 amide bonds. The van der Waals surface area contributed by atoms with E-state index in [1.165, 1.54) is 11.3 Å². The van der Waals surface area contributed by atoms with E-state index >= 15 is 0 Å². The van der Waals surface area contributed by atoms with Crippen LogP contribution in [0.3, 0.4) is 0 Å². The van der Waals surface area contributed by atoms with Crippen molar-refractivity contribution in [2.24, 2.45) is 17.3 Å². The van der Waals surface area contributed by atoms with Gasteiger partial charge in [-0.3, -0.25) is 9.59 Å². The standard InChI is InChI=1S/C18H21N3O4S/c1-4-11(25-10-8-6-5-7-9-10)15-20-21-17(26-15)19-14(22)12-13(16(23)24)18(12,2)3/h5-9,11-13H,4H2,1-3H3,(H,23,24)(H,19,21,22)/t11-,12+,13+/m0/s1. The first-order chi connectivity index (χ1) is 12.3. The molecule has 1 saturated carbocycles. The fourth-order valence-electron chi connectivity index (χ4n) is 3.16. The van der Waals surface area contributed by atoms with Crippen LogP contribution in [0, 0.1) is 17.3 Å². The first-order valence-electron chi connectivity index (χ1n) is 8.43. The molecule has 8 heteroatoms. The number of para-hydroxylation sites is 1. The van der Waals surface area contributed by atoms with Crippen molar-refractivity contribution >= 4 is 28.3 Å². The zero-order valence-corrected chi connectivity index (χ0v) is 15.6. The molecule has 1 heterocycles. The Morgan fingerprint density at radius 1 is 1.27 bits per heavy atom. The van der Waals surface area contributed by atoms with Gasteiger partial charge in [0.25, 0.3) is 0 Å². The summed E-state index contributed by atoms with van der Waals surface area (Å²) in [6.45, 7) is 5.54. The topological polar surface area (TPSA) is 101 Å². The molecule has 3 rings (SSSR count). The molecule has 0 bridgehead atoms. The second-order valence-corrected chi connectivity index (χ2v) is 7.89. The predicted octanol–water partition coefficient (Wildman–Crippen LogP) is 3.36. The van der Waals surface area contributed by atoms with E-state index in [1.54, 1.807) is 13.8 Å². The lowest BCUT2D eigenvalue weighted by Gasteiger charge is -2.14. The third-order valence-corrected chi connectivity index (χ3v) is 5.65. The SMILES string of the molecule is CC[C@H](Oc1ccccc1)c1nnc(NC(=O)[C@H]2[C@H](C(=O)O)C2(C)C)s1. The third-order valence-electron chi connectivity index (χ3n) is 4.71. The quantitative estimate of drug-likeness (QED) is 0.769. The Morgan fingerprint density at radius 2 is 1.96 bits per heavy atom. The van der Waals surface area contributed by atoms with E-state index in [0.29, 0.717) is 16.6 Å². The van der Waals surface area contributed by atoms with E-state index in [2.05, 4.69) is 15.5 Å². The van der Waals surface area contributed by atoms with Crippen LogP contribution in [-0.2, 0) is 9.59 Å². The summed E-state index contributed by atoms with van der Waals surface area (Å²) in [6.07, 6.45) is 0.443. The summed E-state index contributed by atoms with van der Waals surface area (Å²) in [4.78, 5) is 23.6. The van der Waals surface area contributed by atoms with Crippen LogP contribution in [0.15, 0.2) is 30.3 Å². The zero-order chi connectivity index (χ0) is 18.9. The smallest absolute Gasteiger partial charge is 0.307 e. The number of carboxylic acids is 1. The number of ether oxygens (including phenoxy) is 1. The van der Waals surface area contributed by atoms with Gasteiger partial charge in [0, 0.05) is 0 Å². The molecule has 1 aliphatic carbocycles. The molecular weight excluding hydrogens is 354 g/mol. The summed E-state index contributed by atoms with van der Waals surface area (Å²) in [6, 6.07) is 9.44. The van der Waals surface area contributed by atoms with Crippen LogP contribution in [-0.4, -0.2) is 27.2 Å². The predicted molar refractivity (Wildman–Crippen MR) is 97.0 cm³/mol. The maximum atomic E-state index is 12.4. The minimum Gasteiger partial charge on any atom is -0.483 e. The van der Waals surface area contributed by atoms with Crippen molar-refractivity contribution in [1.82, 2.24) is 10.2 Å². The van der Waals surface area contributed by atoms with Gasteiger partial charge < -0.3 is 15.2 Å². The minimum atomic E-state index is -0.949. The van der Waals surface area contributed by atoms with Crippen molar-refractivity contribution in [1.29, 1.82) is 0 Å². The first kappa shape index (κ1) is 18.3. The third kappa shape index (κ3) is 3.55. The lowest BCUT2D eigenvalue weighted by Crippen LogP contribution is -2.17. The molecule has 2 aromatic rings. The number of carboxylic acid groups (broad SMARTS) is 1. The normalized spacial score (nSPS) is 21.7. The Kier molecular flexibility index (Phi) is 4.95. The van der Waals surface area contributed by atoms with E-state index in [-0.39, 0.29) is 12.0 Å². The number of amides is 1. The highest BCUT2D eigenvalue weighted by molar-refractivity contribution is 7.15. The Labute approximate surface area is 155 Å². The number of nitrogens with zero attached hydrogens (tertiary/aromatic N) is 2. The van der Waals surface area contributed by atoms with Crippen LogP contribution in [0.5, 0.6) is 5.75 Å². The number of anilines is 1. The molecule has 0 aliphatic heterocycles. The first-order valence-corrected chi connectivity index (χ1v) is 9.25. The number of benzene rings is 1. The molecular formula is C18H21N3O4S. The fraction of sp³-hybridized carbons (Fsp3) is 0.444. The zero-order valence-electron chi connectivity index (χ0n) is 14.8. The molecule has 7 nitrogen and oxygen atoms in total. The highest BCUT2D eigenvalue weighted by Crippen LogP contribution is 2.58. The van der Waals surface area contributed by atoms with Gasteiger partial charge in [0.15, 0.2) is 11.1 Å². The Hall–Kier alpha value is -2.48. The van der Waals surface area contributed by atoms with E-state index in [0.717, 1.165) is 5.75 Å². The fourth-order valence-corrected chi connectivity index (χ4v) is 4.02. The number of carbonyl (C=O) groups is 2. The summed E-state index contributed by atoms with van der Waals surface area (Å²) in [5.74, 6) is -1.77. The summed E-state index contributed by atoms with van der Waals surface area (Å²) in [7, 11) is 0. The summed E-state index contributed by atoms with van der Waals surface area (Å²) < 4.78 is 5.93. The van der Waals surface area contributed by atoms with Crippen LogP contribution >= 0.6 is 11.3 Å². The van der Waals surface area contributed by atoms with Crippen LogP contribution in [0.1, 0.15) is 38.3 Å². The Bertz CT molecular complexity index is 806. The average Bonchev–Trinajstić information content (AvgIpc) is 2.94. The average molecular weight is 375 g/mol. The summed E-state index contributed by atoms with van der Waals surface area (Å²) in [5.41, 5.74) is -0.550. The molecule has 0 spiro atoms. The maximum Gasteiger partial charge on any atom is 0.307 e. The van der Waals surface area contributed by atoms with E-state index in [9.17, 15) is 14.7 Å². The van der Waals surface area contributed by atoms with E-state index in [1.807, 2.05) is 37.3 Å². The van der Waals surface area contributed by atoms with Crippen molar-refractivity contribution < 1.29 is 19.4 Å². The monoisotopic (exact) mass is 375 g/mol. The maximum absolute atomic E-state index is 12.4. The summed E-state index contributed by atoms with van der Waals surface area (Å²) in [5, 5.41) is 21.0. The van der Waals surface area contributed by atoms with Gasteiger partial charge in [-0.2, -0.15) is 0 Å². The van der Waals surface area contributed by atoms with Gasteiger partial charge in [-0.1, -0.05) is 50.3 Å². The molecule has 1 aromatic heterocycles. The number of rotatable bonds is 7. The van der Waals surface area contributed by atoms with E-state index < -0.39 is 23.2 Å². The number of carbonyl (C=O) groups excluding carboxylic acids is 1. The largest absolute Gasteiger partial charge is 0.483 e. The van der Waals surface area contributed by atoms with Gasteiger partial charge in [0.05, 0.1) is 11.8 Å². The van der Waals surface area contributed by atoms with Gasteiger partial charge in [-0.15, -0.1) is 10.2 Å². The second-order valence-electron chi connectivity index (χ2n) is 6.88. The van der Waals surface area contributed by atoms with Crippen LogP contribution in [0.25, 0.3) is 0 Å². The number of hydrogen-bond acceptors (Lipinski definition) is 6. The number of hydrogen-bond donors (Lipinski definition) is 2. The molecule has 0 unspecified atom stereocenters. The number of nitrogens with one attached hydrogen (secondary N) is 1. The van der Waals surface area contributed by atoms with Gasteiger partial charge in [0.1, 0.15) is 5.75 Å². The highest BCUT2D eigenvalue weighted by Gasteiger charge is 2.66. The molecule has 26 heavy (non-hydrogen) atoms. The molecule has 2 N–H and O–H groups in total. The van der Waals surface area contributed by atoms with Gasteiger partial charge in [-0.05, 0) is 24.0 Å². The second kappa shape index (κ2) is 7.03. The van der Waals surface area contributed by atoms with Crippen LogP contribution in [0.4, 0.5) is 5.13 Å². The lowest BCUT2D eigenvalue weighted by molar-refractivity contribution is -0.140. The van der Waals surface area contributed by atoms with Gasteiger partial charge in [-0.25, -0.2) is 0 Å². The Balaban J connectivity index is 1.66. The van der Waals surface area contributed by atoms with Gasteiger partial charge >= 0.3 is 5.97 Å². The molecule has 1 aliphatic rings. The van der Waals surface area contributed by atoms with Crippen molar-refractivity contribution in [3.63, 3.8) is 0 Å². The molecule has 138 valence electrons. The lowest BCUT2D eigenvalue weighted by atomic mass is 10.1. The molecule has 1 fully saturated rings.